The molecule has 0 saturated carbocycles. The predicted molar refractivity (Wildman–Crippen MR) is 61.9 cm³/mol. The minimum atomic E-state index is -0.316. The van der Waals surface area contributed by atoms with Crippen LogP contribution in [0.5, 0.6) is 5.75 Å². The summed E-state index contributed by atoms with van der Waals surface area (Å²) in [7, 11) is 5.79. The average Bonchev–Trinajstić information content (AvgIpc) is 2.27. The van der Waals surface area contributed by atoms with Gasteiger partial charge in [0.15, 0.2) is 6.10 Å². The van der Waals surface area contributed by atoms with Gasteiger partial charge in [0.05, 0.1) is 0 Å². The van der Waals surface area contributed by atoms with Gasteiger partial charge in [0, 0.05) is 12.5 Å². The van der Waals surface area contributed by atoms with Crippen molar-refractivity contribution < 1.29 is 14.3 Å². The van der Waals surface area contributed by atoms with Crippen molar-refractivity contribution in [3.05, 3.63) is 29.8 Å². The molecule has 2 rings (SSSR count). The predicted octanol–water partition coefficient (Wildman–Crippen LogP) is 0.818. The van der Waals surface area contributed by atoms with Crippen molar-refractivity contribution in [2.24, 2.45) is 0 Å². The van der Waals surface area contributed by atoms with Crippen LogP contribution in [0.15, 0.2) is 24.3 Å². The van der Waals surface area contributed by atoms with Gasteiger partial charge in [0.25, 0.3) is 0 Å². The fourth-order valence-corrected chi connectivity index (χ4v) is 1.53. The van der Waals surface area contributed by atoms with Crippen molar-refractivity contribution in [2.75, 3.05) is 6.61 Å². The molecule has 80 valence electrons. The van der Waals surface area contributed by atoms with Crippen LogP contribution in [0, 0.1) is 0 Å². The fourth-order valence-electron chi connectivity index (χ4n) is 1.53. The molecular weight excluding hydrogens is 203 g/mol. The monoisotopic (exact) mass is 214 g/mol. The van der Waals surface area contributed by atoms with Gasteiger partial charge in [-0.15, -0.1) is 0 Å². The molecule has 1 atom stereocenters. The number of fused-ring (bicyclic) bond motifs is 1. The first-order chi connectivity index (χ1) is 7.66. The Morgan fingerprint density at radius 3 is 3.12 bits per heavy atom. The normalized spacial score (nSPS) is 17.4. The maximum atomic E-state index is 10.7. The number of esters is 1. The van der Waals surface area contributed by atoms with Gasteiger partial charge in [-0.1, -0.05) is 29.7 Å². The molecule has 0 saturated heterocycles. The number of rotatable bonds is 2. The van der Waals surface area contributed by atoms with Crippen LogP contribution in [-0.4, -0.2) is 26.5 Å². The third-order valence-corrected chi connectivity index (χ3v) is 2.29. The van der Waals surface area contributed by atoms with Gasteiger partial charge in [-0.3, -0.25) is 4.79 Å². The summed E-state index contributed by atoms with van der Waals surface area (Å²) in [5, 5.41) is 0. The number of ether oxygens (including phenoxy) is 2. The van der Waals surface area contributed by atoms with Crippen LogP contribution in [-0.2, 0) is 9.53 Å². The van der Waals surface area contributed by atoms with E-state index in [1.54, 1.807) is 6.07 Å². The molecule has 0 fully saturated rings. The second-order valence-electron chi connectivity index (χ2n) is 3.58. The molecule has 0 spiro atoms. The molecule has 1 aromatic carbocycles. The summed E-state index contributed by atoms with van der Waals surface area (Å²) in [6.07, 6.45) is 3.51. The van der Waals surface area contributed by atoms with Crippen LogP contribution in [0.25, 0.3) is 6.08 Å². The maximum Gasteiger partial charge on any atom is 0.302 e. The second kappa shape index (κ2) is 4.43. The van der Waals surface area contributed by atoms with Crippen molar-refractivity contribution in [3.8, 4) is 5.75 Å². The summed E-state index contributed by atoms with van der Waals surface area (Å²) in [5.41, 5.74) is 1.54. The van der Waals surface area contributed by atoms with Gasteiger partial charge in [-0.2, -0.15) is 0 Å². The van der Waals surface area contributed by atoms with E-state index in [1.165, 1.54) is 6.92 Å². The lowest BCUT2D eigenvalue weighted by Crippen LogP contribution is -2.27. The van der Waals surface area contributed by atoms with E-state index in [0.717, 1.165) is 5.56 Å². The zero-order valence-corrected chi connectivity index (χ0v) is 8.97. The molecule has 0 aliphatic carbocycles. The number of para-hydroxylation sites is 1. The number of benzene rings is 1. The Morgan fingerprint density at radius 2 is 2.38 bits per heavy atom. The average molecular weight is 214 g/mol. The van der Waals surface area contributed by atoms with Crippen LogP contribution in [0.1, 0.15) is 12.5 Å². The number of hydrogen-bond donors (Lipinski definition) is 0. The topological polar surface area (TPSA) is 35.5 Å². The summed E-state index contributed by atoms with van der Waals surface area (Å²) < 4.78 is 10.5. The molecule has 2 radical (unpaired) electrons. The van der Waals surface area contributed by atoms with Crippen molar-refractivity contribution in [2.45, 2.75) is 13.0 Å². The number of carbonyl (C=O) groups is 1. The molecule has 0 unspecified atom stereocenters. The smallest absolute Gasteiger partial charge is 0.302 e. The Kier molecular flexibility index (Phi) is 2.99. The molecular formula is C12H11BO3. The van der Waals surface area contributed by atoms with E-state index in [4.69, 9.17) is 17.3 Å². The first-order valence-electron chi connectivity index (χ1n) is 5.03. The minimum absolute atomic E-state index is 0.208. The lowest BCUT2D eigenvalue weighted by molar-refractivity contribution is -0.142. The van der Waals surface area contributed by atoms with Crippen LogP contribution >= 0.6 is 0 Å². The van der Waals surface area contributed by atoms with Crippen molar-refractivity contribution >= 4 is 25.4 Å². The Bertz CT molecular complexity index is 440. The molecule has 0 aromatic heterocycles. The first kappa shape index (κ1) is 10.8. The van der Waals surface area contributed by atoms with Gasteiger partial charge in [0.2, 0.25) is 0 Å². The lowest BCUT2D eigenvalue weighted by Gasteiger charge is -2.22. The summed E-state index contributed by atoms with van der Waals surface area (Å²) in [5.74, 6) is 0.339. The SMILES string of the molecule is [B]c1cccc2c1O[C@@H](COC(C)=O)C=C2. The van der Waals surface area contributed by atoms with E-state index in [0.29, 0.717) is 11.2 Å². The quantitative estimate of drug-likeness (QED) is 0.540. The summed E-state index contributed by atoms with van der Waals surface area (Å²) in [4.78, 5) is 10.7. The van der Waals surface area contributed by atoms with E-state index in [-0.39, 0.29) is 18.7 Å². The summed E-state index contributed by atoms with van der Waals surface area (Å²) >= 11 is 0. The van der Waals surface area contributed by atoms with Crippen LogP contribution in [0.3, 0.4) is 0 Å². The minimum Gasteiger partial charge on any atom is -0.483 e. The highest BCUT2D eigenvalue weighted by Gasteiger charge is 2.16. The van der Waals surface area contributed by atoms with Gasteiger partial charge in [0.1, 0.15) is 20.2 Å². The highest BCUT2D eigenvalue weighted by molar-refractivity contribution is 6.34. The van der Waals surface area contributed by atoms with Crippen molar-refractivity contribution in [3.63, 3.8) is 0 Å². The molecule has 1 heterocycles. The first-order valence-corrected chi connectivity index (χ1v) is 5.03. The largest absolute Gasteiger partial charge is 0.483 e. The van der Waals surface area contributed by atoms with Crippen molar-refractivity contribution in [1.29, 1.82) is 0 Å². The maximum absolute atomic E-state index is 10.7. The molecule has 1 aliphatic rings. The van der Waals surface area contributed by atoms with Gasteiger partial charge >= 0.3 is 5.97 Å². The molecule has 4 heteroatoms. The van der Waals surface area contributed by atoms with Crippen LogP contribution in [0.2, 0.25) is 0 Å². The summed E-state index contributed by atoms with van der Waals surface area (Å²) in [6, 6.07) is 5.57. The van der Waals surface area contributed by atoms with E-state index in [2.05, 4.69) is 0 Å². The third kappa shape index (κ3) is 2.27. The summed E-state index contributed by atoms with van der Waals surface area (Å²) in [6.45, 7) is 1.58. The lowest BCUT2D eigenvalue weighted by atomic mass is 9.91. The second-order valence-corrected chi connectivity index (χ2v) is 3.58. The Morgan fingerprint density at radius 1 is 1.56 bits per heavy atom. The molecule has 1 aromatic rings. The Hall–Kier alpha value is -1.71. The van der Waals surface area contributed by atoms with E-state index < -0.39 is 0 Å². The van der Waals surface area contributed by atoms with E-state index in [9.17, 15) is 4.79 Å². The zero-order chi connectivity index (χ0) is 11.5. The molecule has 3 nitrogen and oxygen atoms in total. The number of hydrogen-bond acceptors (Lipinski definition) is 3. The highest BCUT2D eigenvalue weighted by Crippen LogP contribution is 2.23. The highest BCUT2D eigenvalue weighted by atomic mass is 16.6. The molecule has 0 N–H and O–H groups in total. The van der Waals surface area contributed by atoms with Crippen molar-refractivity contribution in [1.82, 2.24) is 0 Å². The Labute approximate surface area is 95.5 Å². The van der Waals surface area contributed by atoms with Gasteiger partial charge in [-0.25, -0.2) is 0 Å². The Balaban J connectivity index is 2.11. The van der Waals surface area contributed by atoms with Gasteiger partial charge < -0.3 is 9.47 Å². The molecule has 0 amide bonds. The van der Waals surface area contributed by atoms with E-state index >= 15 is 0 Å². The fraction of sp³-hybridized carbons (Fsp3) is 0.250. The number of carbonyl (C=O) groups excluding carboxylic acids is 1. The molecule has 0 bridgehead atoms. The standard InChI is InChI=1S/C12H11BO3/c1-8(14)15-7-10-6-5-9-3-2-4-11(13)12(9)16-10/h2-6,10H,7H2,1H3/t10-/m1/s1. The van der Waals surface area contributed by atoms with Gasteiger partial charge in [-0.05, 0) is 6.08 Å². The molecule has 1 aliphatic heterocycles. The van der Waals surface area contributed by atoms with Crippen LogP contribution < -0.4 is 10.2 Å². The third-order valence-electron chi connectivity index (χ3n) is 2.29. The molecule has 16 heavy (non-hydrogen) atoms. The van der Waals surface area contributed by atoms with E-state index in [1.807, 2.05) is 24.3 Å². The van der Waals surface area contributed by atoms with Crippen LogP contribution in [0.4, 0.5) is 0 Å². The zero-order valence-electron chi connectivity index (χ0n) is 8.97.